The highest BCUT2D eigenvalue weighted by Gasteiger charge is 2.24. The highest BCUT2D eigenvalue weighted by atomic mass is 35.5. The van der Waals surface area contributed by atoms with Gasteiger partial charge >= 0.3 is 0 Å². The van der Waals surface area contributed by atoms with Gasteiger partial charge in [-0.3, -0.25) is 9.10 Å². The summed E-state index contributed by atoms with van der Waals surface area (Å²) in [6.07, 6.45) is 1.12. The second-order valence-electron chi connectivity index (χ2n) is 7.01. The Kier molecular flexibility index (Phi) is 8.43. The molecule has 0 aliphatic carbocycles. The Balaban J connectivity index is 1.94. The van der Waals surface area contributed by atoms with Crippen molar-refractivity contribution < 1.29 is 13.2 Å². The van der Waals surface area contributed by atoms with Crippen LogP contribution in [0, 0.1) is 20.8 Å². The molecule has 8 heteroatoms. The van der Waals surface area contributed by atoms with Gasteiger partial charge in [0.2, 0.25) is 15.9 Å². The van der Waals surface area contributed by atoms with Crippen LogP contribution in [0.3, 0.4) is 0 Å². The normalized spacial score (nSPS) is 11.3. The van der Waals surface area contributed by atoms with Crippen molar-refractivity contribution in [3.05, 3.63) is 63.7 Å². The lowest BCUT2D eigenvalue weighted by atomic mass is 10.1. The fourth-order valence-corrected chi connectivity index (χ4v) is 5.29. The summed E-state index contributed by atoms with van der Waals surface area (Å²) in [5.74, 6) is 1.14. The molecule has 5 nitrogen and oxygen atoms in total. The van der Waals surface area contributed by atoms with Gasteiger partial charge in [0.15, 0.2) is 0 Å². The lowest BCUT2D eigenvalue weighted by molar-refractivity contribution is -0.119. The van der Waals surface area contributed by atoms with E-state index in [-0.39, 0.29) is 12.5 Å². The summed E-state index contributed by atoms with van der Waals surface area (Å²) in [5, 5.41) is 3.54. The van der Waals surface area contributed by atoms with Gasteiger partial charge in [-0.1, -0.05) is 47.5 Å². The van der Waals surface area contributed by atoms with E-state index in [2.05, 4.69) is 5.32 Å². The number of nitrogens with zero attached hydrogens (tertiary/aromatic N) is 1. The van der Waals surface area contributed by atoms with Gasteiger partial charge in [0, 0.05) is 23.1 Å². The third-order valence-electron chi connectivity index (χ3n) is 4.36. The molecule has 1 amide bonds. The van der Waals surface area contributed by atoms with Crippen molar-refractivity contribution in [3.8, 4) is 0 Å². The van der Waals surface area contributed by atoms with Gasteiger partial charge in [-0.25, -0.2) is 8.42 Å². The van der Waals surface area contributed by atoms with Crippen molar-refractivity contribution in [1.82, 2.24) is 5.32 Å². The van der Waals surface area contributed by atoms with Crippen LogP contribution in [0.4, 0.5) is 5.69 Å². The van der Waals surface area contributed by atoms with Crippen LogP contribution in [0.5, 0.6) is 0 Å². The maximum Gasteiger partial charge on any atom is 0.240 e. The third-order valence-corrected chi connectivity index (χ3v) is 6.85. The molecule has 0 fully saturated rings. The molecular formula is C21H27ClN2O3S2. The van der Waals surface area contributed by atoms with E-state index in [0.717, 1.165) is 39.3 Å². The Morgan fingerprint density at radius 1 is 1.14 bits per heavy atom. The Morgan fingerprint density at radius 2 is 1.76 bits per heavy atom. The van der Waals surface area contributed by atoms with Crippen molar-refractivity contribution in [1.29, 1.82) is 0 Å². The summed E-state index contributed by atoms with van der Waals surface area (Å²) >= 11 is 7.79. The zero-order valence-electron chi connectivity index (χ0n) is 17.2. The van der Waals surface area contributed by atoms with Gasteiger partial charge in [0.05, 0.1) is 11.9 Å². The smallest absolute Gasteiger partial charge is 0.240 e. The monoisotopic (exact) mass is 454 g/mol. The summed E-state index contributed by atoms with van der Waals surface area (Å²) in [5.41, 5.74) is 4.34. The molecule has 2 aromatic carbocycles. The Labute approximate surface area is 182 Å². The highest BCUT2D eigenvalue weighted by Crippen LogP contribution is 2.28. The first-order valence-electron chi connectivity index (χ1n) is 9.23. The quantitative estimate of drug-likeness (QED) is 0.580. The number of amides is 1. The Hall–Kier alpha value is -1.70. The van der Waals surface area contributed by atoms with Gasteiger partial charge in [-0.05, 0) is 43.5 Å². The highest BCUT2D eigenvalue weighted by molar-refractivity contribution is 7.98. The predicted molar refractivity (Wildman–Crippen MR) is 123 cm³/mol. The third kappa shape index (κ3) is 6.94. The van der Waals surface area contributed by atoms with Crippen molar-refractivity contribution in [3.63, 3.8) is 0 Å². The summed E-state index contributed by atoms with van der Waals surface area (Å²) in [7, 11) is -3.59. The molecule has 29 heavy (non-hydrogen) atoms. The molecule has 0 unspecified atom stereocenters. The van der Waals surface area contributed by atoms with Crippen LogP contribution in [0.15, 0.2) is 36.4 Å². The number of aryl methyl sites for hydroxylation is 3. The molecule has 0 bridgehead atoms. The van der Waals surface area contributed by atoms with Crippen molar-refractivity contribution in [2.75, 3.05) is 29.4 Å². The molecule has 0 aliphatic rings. The molecule has 0 radical (unpaired) electrons. The summed E-state index contributed by atoms with van der Waals surface area (Å²) < 4.78 is 25.9. The van der Waals surface area contributed by atoms with Crippen LogP contribution in [0.1, 0.15) is 22.3 Å². The standard InChI is InChI=1S/C21H27ClN2O3S2/c1-15-11-16(2)21(17(3)12-15)24(29(4,26)27)13-20(25)23-9-10-28-14-18-7-5-6-8-19(18)22/h5-8,11-12H,9-10,13-14H2,1-4H3,(H,23,25). The van der Waals surface area contributed by atoms with Gasteiger partial charge < -0.3 is 5.32 Å². The number of hydrogen-bond acceptors (Lipinski definition) is 4. The molecule has 158 valence electrons. The first-order chi connectivity index (χ1) is 13.6. The fourth-order valence-electron chi connectivity index (χ4n) is 3.17. The zero-order valence-corrected chi connectivity index (χ0v) is 19.5. The fraction of sp³-hybridized carbons (Fsp3) is 0.381. The topological polar surface area (TPSA) is 66.5 Å². The number of nitrogens with one attached hydrogen (secondary N) is 1. The van der Waals surface area contributed by atoms with E-state index in [9.17, 15) is 13.2 Å². The minimum atomic E-state index is -3.59. The minimum Gasteiger partial charge on any atom is -0.354 e. The number of carbonyl (C=O) groups excluding carboxylic acids is 1. The van der Waals surface area contributed by atoms with Crippen molar-refractivity contribution in [2.45, 2.75) is 26.5 Å². The number of carbonyl (C=O) groups is 1. The van der Waals surface area contributed by atoms with Gasteiger partial charge in [0.1, 0.15) is 6.54 Å². The maximum absolute atomic E-state index is 12.4. The second kappa shape index (κ2) is 10.4. The number of benzene rings is 2. The first kappa shape index (κ1) is 23.6. The average Bonchev–Trinajstić information content (AvgIpc) is 2.60. The van der Waals surface area contributed by atoms with E-state index in [1.165, 1.54) is 4.31 Å². The van der Waals surface area contributed by atoms with E-state index >= 15 is 0 Å². The van der Waals surface area contributed by atoms with E-state index in [1.54, 1.807) is 11.8 Å². The summed E-state index contributed by atoms with van der Waals surface area (Å²) in [4.78, 5) is 12.4. The van der Waals surface area contributed by atoms with Crippen LogP contribution in [0.2, 0.25) is 5.02 Å². The van der Waals surface area contributed by atoms with Gasteiger partial charge in [-0.15, -0.1) is 0 Å². The molecule has 0 atom stereocenters. The van der Waals surface area contributed by atoms with Crippen molar-refractivity contribution in [2.24, 2.45) is 0 Å². The molecule has 0 heterocycles. The lowest BCUT2D eigenvalue weighted by Gasteiger charge is -2.26. The molecule has 1 N–H and O–H groups in total. The maximum atomic E-state index is 12.4. The van der Waals surface area contributed by atoms with Crippen molar-refractivity contribution >= 4 is 45.0 Å². The Morgan fingerprint density at radius 3 is 2.34 bits per heavy atom. The number of thioether (sulfide) groups is 1. The van der Waals surface area contributed by atoms with Crippen LogP contribution >= 0.6 is 23.4 Å². The first-order valence-corrected chi connectivity index (χ1v) is 12.6. The van der Waals surface area contributed by atoms with Gasteiger partial charge in [0.25, 0.3) is 0 Å². The molecule has 0 saturated heterocycles. The number of anilines is 1. The second-order valence-corrected chi connectivity index (χ2v) is 10.4. The zero-order chi connectivity index (χ0) is 21.6. The predicted octanol–water partition coefficient (Wildman–Crippen LogP) is 4.08. The van der Waals surface area contributed by atoms with E-state index in [4.69, 9.17) is 11.6 Å². The number of hydrogen-bond donors (Lipinski definition) is 1. The largest absolute Gasteiger partial charge is 0.354 e. The van der Waals surface area contributed by atoms with Crippen LogP contribution in [-0.4, -0.2) is 39.4 Å². The molecule has 0 aliphatic heterocycles. The molecule has 0 aromatic heterocycles. The molecular weight excluding hydrogens is 428 g/mol. The molecule has 2 aromatic rings. The van der Waals surface area contributed by atoms with Gasteiger partial charge in [-0.2, -0.15) is 11.8 Å². The van der Waals surface area contributed by atoms with E-state index in [1.807, 2.05) is 57.2 Å². The number of rotatable bonds is 9. The SMILES string of the molecule is Cc1cc(C)c(N(CC(=O)NCCSCc2ccccc2Cl)S(C)(=O)=O)c(C)c1. The number of sulfonamides is 1. The summed E-state index contributed by atoms with van der Waals surface area (Å²) in [6, 6.07) is 11.5. The minimum absolute atomic E-state index is 0.237. The number of halogens is 1. The lowest BCUT2D eigenvalue weighted by Crippen LogP contribution is -2.41. The van der Waals surface area contributed by atoms with E-state index < -0.39 is 10.0 Å². The summed E-state index contributed by atoms with van der Waals surface area (Å²) in [6.45, 7) is 5.89. The van der Waals surface area contributed by atoms with Crippen LogP contribution in [0.25, 0.3) is 0 Å². The average molecular weight is 455 g/mol. The van der Waals surface area contributed by atoms with Crippen LogP contribution in [-0.2, 0) is 20.6 Å². The molecule has 2 rings (SSSR count). The molecule has 0 saturated carbocycles. The van der Waals surface area contributed by atoms with E-state index in [0.29, 0.717) is 18.0 Å². The molecule has 0 spiro atoms. The Bertz CT molecular complexity index is 955. The van der Waals surface area contributed by atoms with Crippen LogP contribution < -0.4 is 9.62 Å².